The summed E-state index contributed by atoms with van der Waals surface area (Å²) >= 11 is 0. The summed E-state index contributed by atoms with van der Waals surface area (Å²) in [6.45, 7) is 1.81. The SMILES string of the molecule is CC(=O)c1ccccc1Cn1cncc1C(=O)O. The minimum absolute atomic E-state index is 0.0393. The van der Waals surface area contributed by atoms with E-state index in [2.05, 4.69) is 4.98 Å². The molecule has 0 radical (unpaired) electrons. The summed E-state index contributed by atoms with van der Waals surface area (Å²) in [7, 11) is 0. The van der Waals surface area contributed by atoms with Crippen molar-refractivity contribution in [2.75, 3.05) is 0 Å². The molecule has 0 unspecified atom stereocenters. The summed E-state index contributed by atoms with van der Waals surface area (Å²) in [5.41, 5.74) is 1.49. The fourth-order valence-electron chi connectivity index (χ4n) is 1.81. The number of imidazole rings is 1. The van der Waals surface area contributed by atoms with E-state index in [1.807, 2.05) is 12.1 Å². The minimum atomic E-state index is -1.03. The summed E-state index contributed by atoms with van der Waals surface area (Å²) < 4.78 is 1.50. The van der Waals surface area contributed by atoms with Crippen molar-refractivity contribution in [3.8, 4) is 0 Å². The number of carbonyl (C=O) groups is 2. The number of rotatable bonds is 4. The summed E-state index contributed by atoms with van der Waals surface area (Å²) in [6, 6.07) is 7.14. The molecule has 0 bridgehead atoms. The fraction of sp³-hybridized carbons (Fsp3) is 0.154. The molecule has 1 N–H and O–H groups in total. The van der Waals surface area contributed by atoms with E-state index >= 15 is 0 Å². The highest BCUT2D eigenvalue weighted by molar-refractivity contribution is 5.95. The van der Waals surface area contributed by atoms with Crippen LogP contribution in [0.3, 0.4) is 0 Å². The van der Waals surface area contributed by atoms with Crippen molar-refractivity contribution in [3.63, 3.8) is 0 Å². The molecule has 5 nitrogen and oxygen atoms in total. The number of aromatic carboxylic acids is 1. The number of benzene rings is 1. The van der Waals surface area contributed by atoms with Gasteiger partial charge in [0.25, 0.3) is 0 Å². The molecule has 0 spiro atoms. The maximum atomic E-state index is 11.5. The molecule has 1 heterocycles. The molecule has 18 heavy (non-hydrogen) atoms. The Labute approximate surface area is 104 Å². The highest BCUT2D eigenvalue weighted by atomic mass is 16.4. The Kier molecular flexibility index (Phi) is 3.23. The Morgan fingerprint density at radius 3 is 2.72 bits per heavy atom. The second kappa shape index (κ2) is 4.83. The normalized spacial score (nSPS) is 10.3. The number of hydrogen-bond donors (Lipinski definition) is 1. The number of nitrogens with zero attached hydrogens (tertiary/aromatic N) is 2. The quantitative estimate of drug-likeness (QED) is 0.833. The van der Waals surface area contributed by atoms with Crippen LogP contribution < -0.4 is 0 Å². The van der Waals surface area contributed by atoms with Gasteiger partial charge >= 0.3 is 5.97 Å². The van der Waals surface area contributed by atoms with Crippen LogP contribution in [0.15, 0.2) is 36.8 Å². The van der Waals surface area contributed by atoms with Gasteiger partial charge < -0.3 is 9.67 Å². The Balaban J connectivity index is 2.37. The van der Waals surface area contributed by atoms with Crippen LogP contribution in [0.4, 0.5) is 0 Å². The second-order valence-corrected chi connectivity index (χ2v) is 3.93. The summed E-state index contributed by atoms with van der Waals surface area (Å²) in [6.07, 6.45) is 2.74. The summed E-state index contributed by atoms with van der Waals surface area (Å²) in [5.74, 6) is -1.07. The molecule has 0 saturated heterocycles. The molecule has 2 aromatic rings. The van der Waals surface area contributed by atoms with Crippen LogP contribution >= 0.6 is 0 Å². The smallest absolute Gasteiger partial charge is 0.354 e. The number of ketones is 1. The van der Waals surface area contributed by atoms with Crippen LogP contribution in [0.5, 0.6) is 0 Å². The Bertz CT molecular complexity index is 602. The van der Waals surface area contributed by atoms with Gasteiger partial charge in [-0.3, -0.25) is 4.79 Å². The fourth-order valence-corrected chi connectivity index (χ4v) is 1.81. The van der Waals surface area contributed by atoms with Crippen LogP contribution in [0.1, 0.15) is 33.3 Å². The van der Waals surface area contributed by atoms with Gasteiger partial charge in [-0.2, -0.15) is 0 Å². The van der Waals surface area contributed by atoms with Crippen molar-refractivity contribution in [1.29, 1.82) is 0 Å². The molecule has 0 amide bonds. The van der Waals surface area contributed by atoms with Crippen LogP contribution in [-0.2, 0) is 6.54 Å². The van der Waals surface area contributed by atoms with Crippen LogP contribution in [0.2, 0.25) is 0 Å². The lowest BCUT2D eigenvalue weighted by Gasteiger charge is -2.09. The van der Waals surface area contributed by atoms with E-state index in [4.69, 9.17) is 5.11 Å². The van der Waals surface area contributed by atoms with Crippen molar-refractivity contribution in [2.45, 2.75) is 13.5 Å². The van der Waals surface area contributed by atoms with E-state index in [9.17, 15) is 9.59 Å². The Morgan fingerprint density at radius 2 is 2.06 bits per heavy atom. The standard InChI is InChI=1S/C13H12N2O3/c1-9(16)11-5-3-2-4-10(11)7-15-8-14-6-12(15)13(17)18/h2-6,8H,7H2,1H3,(H,17,18). The first kappa shape index (κ1) is 12.0. The van der Waals surface area contributed by atoms with Gasteiger partial charge in [-0.15, -0.1) is 0 Å². The van der Waals surface area contributed by atoms with E-state index in [0.29, 0.717) is 12.1 Å². The molecule has 5 heteroatoms. The van der Waals surface area contributed by atoms with Gasteiger partial charge in [0.1, 0.15) is 5.69 Å². The first-order valence-electron chi connectivity index (χ1n) is 5.42. The van der Waals surface area contributed by atoms with E-state index in [0.717, 1.165) is 5.56 Å². The molecule has 0 aliphatic carbocycles. The van der Waals surface area contributed by atoms with Crippen molar-refractivity contribution >= 4 is 11.8 Å². The predicted molar refractivity (Wildman–Crippen MR) is 64.7 cm³/mol. The Morgan fingerprint density at radius 1 is 1.33 bits per heavy atom. The number of Topliss-reactive ketones (excluding diaryl/α,β-unsaturated/α-hetero) is 1. The largest absolute Gasteiger partial charge is 0.477 e. The average molecular weight is 244 g/mol. The zero-order chi connectivity index (χ0) is 13.1. The topological polar surface area (TPSA) is 72.2 Å². The lowest BCUT2D eigenvalue weighted by molar-refractivity contribution is 0.0685. The zero-order valence-electron chi connectivity index (χ0n) is 9.83. The van der Waals surface area contributed by atoms with E-state index in [1.165, 1.54) is 24.0 Å². The van der Waals surface area contributed by atoms with Gasteiger partial charge in [0.05, 0.1) is 19.1 Å². The third-order valence-corrected chi connectivity index (χ3v) is 2.67. The molecule has 0 saturated carbocycles. The molecule has 0 fully saturated rings. The summed E-state index contributed by atoms with van der Waals surface area (Å²) in [5, 5.41) is 8.98. The van der Waals surface area contributed by atoms with Crippen LogP contribution in [0, 0.1) is 0 Å². The van der Waals surface area contributed by atoms with Gasteiger partial charge in [-0.25, -0.2) is 9.78 Å². The van der Waals surface area contributed by atoms with E-state index < -0.39 is 5.97 Å². The number of carbonyl (C=O) groups excluding carboxylic acids is 1. The van der Waals surface area contributed by atoms with Gasteiger partial charge in [-0.1, -0.05) is 24.3 Å². The number of carboxylic acid groups (broad SMARTS) is 1. The molecule has 0 aliphatic heterocycles. The van der Waals surface area contributed by atoms with Crippen molar-refractivity contribution in [1.82, 2.24) is 9.55 Å². The highest BCUT2D eigenvalue weighted by Gasteiger charge is 2.12. The lowest BCUT2D eigenvalue weighted by Crippen LogP contribution is -2.10. The highest BCUT2D eigenvalue weighted by Crippen LogP contribution is 2.12. The Hall–Kier alpha value is -2.43. The summed E-state index contributed by atoms with van der Waals surface area (Å²) in [4.78, 5) is 26.2. The van der Waals surface area contributed by atoms with Crippen molar-refractivity contribution in [2.24, 2.45) is 0 Å². The van der Waals surface area contributed by atoms with Crippen LogP contribution in [-0.4, -0.2) is 26.4 Å². The average Bonchev–Trinajstić information content (AvgIpc) is 2.77. The van der Waals surface area contributed by atoms with E-state index in [1.54, 1.807) is 12.1 Å². The van der Waals surface area contributed by atoms with Crippen LogP contribution in [0.25, 0.3) is 0 Å². The third kappa shape index (κ3) is 2.29. The van der Waals surface area contributed by atoms with Gasteiger partial charge in [-0.05, 0) is 12.5 Å². The lowest BCUT2D eigenvalue weighted by atomic mass is 10.0. The first-order chi connectivity index (χ1) is 8.59. The predicted octanol–water partition coefficient (Wildman–Crippen LogP) is 1.83. The number of hydrogen-bond acceptors (Lipinski definition) is 3. The minimum Gasteiger partial charge on any atom is -0.477 e. The molecule has 2 rings (SSSR count). The van der Waals surface area contributed by atoms with Crippen molar-refractivity contribution in [3.05, 3.63) is 53.6 Å². The molecular formula is C13H12N2O3. The van der Waals surface area contributed by atoms with Gasteiger partial charge in [0.15, 0.2) is 5.78 Å². The second-order valence-electron chi connectivity index (χ2n) is 3.93. The maximum Gasteiger partial charge on any atom is 0.354 e. The number of carboxylic acids is 1. The van der Waals surface area contributed by atoms with E-state index in [-0.39, 0.29) is 11.5 Å². The molecular weight excluding hydrogens is 232 g/mol. The van der Waals surface area contributed by atoms with Crippen molar-refractivity contribution < 1.29 is 14.7 Å². The zero-order valence-corrected chi connectivity index (χ0v) is 9.83. The molecule has 1 aromatic heterocycles. The molecule has 1 aromatic carbocycles. The number of aromatic nitrogens is 2. The maximum absolute atomic E-state index is 11.5. The van der Waals surface area contributed by atoms with Gasteiger partial charge in [0.2, 0.25) is 0 Å². The molecule has 0 atom stereocenters. The third-order valence-electron chi connectivity index (χ3n) is 2.67. The monoisotopic (exact) mass is 244 g/mol. The first-order valence-corrected chi connectivity index (χ1v) is 5.42. The molecule has 92 valence electrons. The molecule has 0 aliphatic rings. The van der Waals surface area contributed by atoms with Gasteiger partial charge in [0, 0.05) is 5.56 Å².